The summed E-state index contributed by atoms with van der Waals surface area (Å²) in [6.45, 7) is -0.230. The van der Waals surface area contributed by atoms with E-state index < -0.39 is 89.4 Å². The number of amides is 1. The van der Waals surface area contributed by atoms with Crippen molar-refractivity contribution in [3.05, 3.63) is 35.8 Å². The number of aromatic nitrogens is 3. The first-order valence-electron chi connectivity index (χ1n) is 14.3. The molecule has 44 heavy (non-hydrogen) atoms. The summed E-state index contributed by atoms with van der Waals surface area (Å²) in [5.41, 5.74) is -3.13. The number of aliphatic hydroxyl groups excluding tert-OH is 2. The first-order valence-corrected chi connectivity index (χ1v) is 15.3. The third kappa shape index (κ3) is 6.75. The predicted octanol–water partition coefficient (Wildman–Crippen LogP) is 2.91. The average molecular weight is 651 g/mol. The lowest BCUT2D eigenvalue weighted by atomic mass is 9.80. The molecule has 244 valence electrons. The van der Waals surface area contributed by atoms with Gasteiger partial charge in [0, 0.05) is 39.1 Å². The number of hydrogen-bond donors (Lipinski definition) is 3. The summed E-state index contributed by atoms with van der Waals surface area (Å²) >= 11 is 0.858. The number of benzene rings is 1. The molecule has 0 radical (unpaired) electrons. The Morgan fingerprint density at radius 3 is 2.41 bits per heavy atom. The van der Waals surface area contributed by atoms with Gasteiger partial charge in [0.05, 0.1) is 18.4 Å². The molecule has 0 spiro atoms. The van der Waals surface area contributed by atoms with E-state index in [9.17, 15) is 42.1 Å². The number of ether oxygens (including phenoxy) is 2. The molecule has 5 rings (SSSR count). The summed E-state index contributed by atoms with van der Waals surface area (Å²) in [7, 11) is 2.89. The maximum absolute atomic E-state index is 14.1. The lowest BCUT2D eigenvalue weighted by Crippen LogP contribution is -2.59. The van der Waals surface area contributed by atoms with Crippen LogP contribution in [0.2, 0.25) is 0 Å². The minimum atomic E-state index is -2.97. The normalized spacial score (nSPS) is 28.9. The number of alkyl halides is 2. The van der Waals surface area contributed by atoms with Crippen LogP contribution in [0.3, 0.4) is 0 Å². The third-order valence-electron chi connectivity index (χ3n) is 8.63. The molecular weight excluding hydrogens is 615 g/mol. The van der Waals surface area contributed by atoms with E-state index >= 15 is 0 Å². The molecule has 1 amide bonds. The second-order valence-electron chi connectivity index (χ2n) is 11.9. The second kappa shape index (κ2) is 12.8. The van der Waals surface area contributed by atoms with Crippen LogP contribution >= 0.6 is 11.8 Å². The van der Waals surface area contributed by atoms with E-state index in [2.05, 4.69) is 10.3 Å². The molecule has 1 aromatic heterocycles. The van der Waals surface area contributed by atoms with Gasteiger partial charge in [-0.25, -0.2) is 26.6 Å². The van der Waals surface area contributed by atoms with Crippen molar-refractivity contribution in [3.63, 3.8) is 0 Å². The molecule has 2 aromatic rings. The standard InChI is InChI=1S/C28H35F5N4O6S/c1-36(11-14-3-4-14)25(40)24(27(41)5-7-28(32,33)8-6-27)44-26-23(42-2)21(22(39)19(13-38)43-26)37-12-18(34-35-37)15-9-16(29)20(31)17(30)10-15/h9-10,12,14,19,21-24,26,38-39,41H,3-8,11,13H2,1-2H3/t19-,21+,22+,23-,24?,26+/m1/s1. The molecule has 2 heterocycles. The van der Waals surface area contributed by atoms with E-state index in [1.165, 1.54) is 18.2 Å². The van der Waals surface area contributed by atoms with Crippen LogP contribution < -0.4 is 0 Å². The molecule has 16 heteroatoms. The Bertz CT molecular complexity index is 1320. The third-order valence-corrected chi connectivity index (χ3v) is 10.2. The van der Waals surface area contributed by atoms with Gasteiger partial charge in [0.25, 0.3) is 0 Å². The maximum Gasteiger partial charge on any atom is 0.248 e. The van der Waals surface area contributed by atoms with E-state index in [-0.39, 0.29) is 24.1 Å². The molecule has 3 aliphatic rings. The highest BCUT2D eigenvalue weighted by Gasteiger charge is 2.54. The smallest absolute Gasteiger partial charge is 0.248 e. The Balaban J connectivity index is 1.46. The van der Waals surface area contributed by atoms with E-state index in [4.69, 9.17) is 9.47 Å². The van der Waals surface area contributed by atoms with Gasteiger partial charge in [0.15, 0.2) is 17.5 Å². The monoisotopic (exact) mass is 650 g/mol. The molecule has 2 saturated carbocycles. The van der Waals surface area contributed by atoms with Gasteiger partial charge < -0.3 is 29.7 Å². The Hall–Kier alpha value is -2.37. The van der Waals surface area contributed by atoms with Gasteiger partial charge in [0.1, 0.15) is 40.7 Å². The van der Waals surface area contributed by atoms with E-state index in [1.54, 1.807) is 7.05 Å². The molecule has 1 aliphatic heterocycles. The Morgan fingerprint density at radius 2 is 1.84 bits per heavy atom. The topological polar surface area (TPSA) is 130 Å². The van der Waals surface area contributed by atoms with Gasteiger partial charge in [-0.3, -0.25) is 4.79 Å². The number of halogens is 5. The number of nitrogens with zero attached hydrogens (tertiary/aromatic N) is 4. The van der Waals surface area contributed by atoms with Crippen LogP contribution in [-0.2, 0) is 14.3 Å². The van der Waals surface area contributed by atoms with E-state index in [0.29, 0.717) is 12.5 Å². The zero-order chi connectivity index (χ0) is 32.0. The fraction of sp³-hybridized carbons (Fsp3) is 0.679. The highest BCUT2D eigenvalue weighted by Crippen LogP contribution is 2.47. The van der Waals surface area contributed by atoms with Crippen molar-refractivity contribution in [3.8, 4) is 11.3 Å². The fourth-order valence-electron chi connectivity index (χ4n) is 5.82. The summed E-state index contributed by atoms with van der Waals surface area (Å²) < 4.78 is 82.3. The molecule has 10 nitrogen and oxygen atoms in total. The first-order chi connectivity index (χ1) is 20.8. The summed E-state index contributed by atoms with van der Waals surface area (Å²) in [5, 5.41) is 39.5. The van der Waals surface area contributed by atoms with E-state index in [1.807, 2.05) is 0 Å². The van der Waals surface area contributed by atoms with Crippen LogP contribution in [-0.4, -0.2) is 109 Å². The molecule has 1 unspecified atom stereocenters. The molecule has 1 saturated heterocycles. The summed E-state index contributed by atoms with van der Waals surface area (Å²) in [4.78, 5) is 15.3. The zero-order valence-electron chi connectivity index (χ0n) is 24.1. The number of hydrogen-bond acceptors (Lipinski definition) is 9. The van der Waals surface area contributed by atoms with Crippen molar-refractivity contribution in [1.29, 1.82) is 0 Å². The van der Waals surface area contributed by atoms with Crippen molar-refractivity contribution in [2.75, 3.05) is 27.3 Å². The lowest BCUT2D eigenvalue weighted by Gasteiger charge is -2.47. The quantitative estimate of drug-likeness (QED) is 0.263. The lowest BCUT2D eigenvalue weighted by molar-refractivity contribution is -0.186. The van der Waals surface area contributed by atoms with Crippen molar-refractivity contribution >= 4 is 17.7 Å². The van der Waals surface area contributed by atoms with Gasteiger partial charge in [-0.05, 0) is 43.7 Å². The molecule has 3 N–H and O–H groups in total. The van der Waals surface area contributed by atoms with E-state index in [0.717, 1.165) is 41.4 Å². The largest absolute Gasteiger partial charge is 0.394 e. The number of aliphatic hydroxyl groups is 3. The summed E-state index contributed by atoms with van der Waals surface area (Å²) in [6.07, 6.45) is -2.52. The number of thioether (sulfide) groups is 1. The highest BCUT2D eigenvalue weighted by atomic mass is 32.2. The zero-order valence-corrected chi connectivity index (χ0v) is 24.9. The summed E-state index contributed by atoms with van der Waals surface area (Å²) in [5.74, 6) is -7.65. The van der Waals surface area contributed by atoms with Crippen molar-refractivity contribution in [2.45, 2.75) is 85.1 Å². The SMILES string of the molecule is CO[C@@H]1[C@@H](n2cc(-c3cc(F)c(F)c(F)c3)nn2)[C@@H](O)[C@@H](CO)O[C@H]1SC(C(=O)N(C)CC1CC1)C1(O)CCC(F)(F)CC1. The predicted molar refractivity (Wildman–Crippen MR) is 147 cm³/mol. The maximum atomic E-state index is 14.1. The van der Waals surface area contributed by atoms with Gasteiger partial charge >= 0.3 is 0 Å². The van der Waals surface area contributed by atoms with Gasteiger partial charge in [-0.15, -0.1) is 16.9 Å². The van der Waals surface area contributed by atoms with Gasteiger partial charge in [-0.2, -0.15) is 0 Å². The molecular formula is C28H35F5N4O6S. The van der Waals surface area contributed by atoms with Crippen LogP contribution in [0, 0.1) is 23.4 Å². The minimum Gasteiger partial charge on any atom is -0.394 e. The molecule has 0 bridgehead atoms. The highest BCUT2D eigenvalue weighted by molar-refractivity contribution is 8.01. The van der Waals surface area contributed by atoms with Gasteiger partial charge in [0.2, 0.25) is 11.8 Å². The number of carbonyl (C=O) groups is 1. The average Bonchev–Trinajstić information content (AvgIpc) is 3.67. The molecule has 1 aromatic carbocycles. The second-order valence-corrected chi connectivity index (χ2v) is 13.1. The number of methoxy groups -OCH3 is 1. The fourth-order valence-corrected chi connectivity index (χ4v) is 7.51. The van der Waals surface area contributed by atoms with Crippen LogP contribution in [0.25, 0.3) is 11.3 Å². The number of rotatable bonds is 10. The van der Waals surface area contributed by atoms with Crippen LogP contribution in [0.1, 0.15) is 44.6 Å². The van der Waals surface area contributed by atoms with Crippen LogP contribution in [0.4, 0.5) is 22.0 Å². The number of carbonyl (C=O) groups excluding carboxylic acids is 1. The Labute approximate surface area is 254 Å². The first kappa shape index (κ1) is 33.0. The van der Waals surface area contributed by atoms with Crippen LogP contribution in [0.15, 0.2) is 18.3 Å². The van der Waals surface area contributed by atoms with Gasteiger partial charge in [-0.1, -0.05) is 5.21 Å². The summed E-state index contributed by atoms with van der Waals surface area (Å²) in [6, 6.07) is 0.336. The Morgan fingerprint density at radius 1 is 1.20 bits per heavy atom. The van der Waals surface area contributed by atoms with Crippen LogP contribution in [0.5, 0.6) is 0 Å². The van der Waals surface area contributed by atoms with Crippen molar-refractivity contribution in [1.82, 2.24) is 19.9 Å². The molecule has 3 fully saturated rings. The minimum absolute atomic E-state index is 0.0618. The molecule has 6 atom stereocenters. The Kier molecular flexibility index (Phi) is 9.60. The molecule has 2 aliphatic carbocycles. The van der Waals surface area contributed by atoms with Crippen molar-refractivity contribution in [2.24, 2.45) is 5.92 Å². The van der Waals surface area contributed by atoms with Crippen molar-refractivity contribution < 1.29 is 51.5 Å².